The zero-order chi connectivity index (χ0) is 26.1. The molecular formula is C29H33N5O4. The van der Waals surface area contributed by atoms with Crippen LogP contribution in [-0.2, 0) is 9.53 Å². The van der Waals surface area contributed by atoms with Crippen molar-refractivity contribution in [3.8, 4) is 16.9 Å². The number of ether oxygens (including phenoxy) is 2. The van der Waals surface area contributed by atoms with Crippen LogP contribution in [0.1, 0.15) is 29.6 Å². The number of methoxy groups -OCH3 is 1. The first kappa shape index (κ1) is 24.5. The van der Waals surface area contributed by atoms with Crippen LogP contribution in [0.15, 0.2) is 54.9 Å². The highest BCUT2D eigenvalue weighted by Crippen LogP contribution is 2.44. The fourth-order valence-electron chi connectivity index (χ4n) is 5.97. The van der Waals surface area contributed by atoms with Crippen LogP contribution in [0.25, 0.3) is 11.1 Å². The number of nitrogens with zero attached hydrogens (tertiary/aromatic N) is 4. The summed E-state index contributed by atoms with van der Waals surface area (Å²) >= 11 is 0. The Bertz CT molecular complexity index is 1290. The number of aromatic nitrogens is 2. The van der Waals surface area contributed by atoms with Gasteiger partial charge in [-0.3, -0.25) is 14.7 Å². The minimum absolute atomic E-state index is 0.0373. The standard InChI is InChI=1S/C29H33N5O4/c1-37-26-18-24(6-7-25(26)22-19-30-31-20-22)34-13-10-29(28(34)36)8-11-33(12-9-29)27(35)21-2-4-23(5-3-21)32-14-16-38-17-15-32/h2-7,18-20H,8-17H2,1H3,(H,30,31). The third-order valence-electron chi connectivity index (χ3n) is 8.32. The summed E-state index contributed by atoms with van der Waals surface area (Å²) in [6.45, 7) is 5.05. The van der Waals surface area contributed by atoms with Crippen molar-refractivity contribution in [3.63, 3.8) is 0 Å². The summed E-state index contributed by atoms with van der Waals surface area (Å²) in [4.78, 5) is 33.0. The quantitative estimate of drug-likeness (QED) is 0.559. The first-order chi connectivity index (χ1) is 18.6. The van der Waals surface area contributed by atoms with E-state index >= 15 is 0 Å². The number of likely N-dealkylation sites (tertiary alicyclic amines) is 1. The van der Waals surface area contributed by atoms with Gasteiger partial charge in [-0.2, -0.15) is 5.10 Å². The van der Waals surface area contributed by atoms with Gasteiger partial charge in [0.05, 0.1) is 31.9 Å². The second kappa shape index (κ2) is 10.1. The van der Waals surface area contributed by atoms with Gasteiger partial charge in [-0.15, -0.1) is 0 Å². The molecule has 38 heavy (non-hydrogen) atoms. The van der Waals surface area contributed by atoms with E-state index in [9.17, 15) is 9.59 Å². The summed E-state index contributed by atoms with van der Waals surface area (Å²) in [5, 5.41) is 6.85. The summed E-state index contributed by atoms with van der Waals surface area (Å²) in [7, 11) is 1.64. The van der Waals surface area contributed by atoms with Gasteiger partial charge in [0, 0.05) is 73.1 Å². The van der Waals surface area contributed by atoms with Crippen LogP contribution in [-0.4, -0.2) is 80.0 Å². The Balaban J connectivity index is 1.10. The van der Waals surface area contributed by atoms with E-state index in [1.165, 1.54) is 0 Å². The van der Waals surface area contributed by atoms with E-state index < -0.39 is 5.41 Å². The molecule has 3 saturated heterocycles. The van der Waals surface area contributed by atoms with Crippen LogP contribution in [0, 0.1) is 5.41 Å². The fraction of sp³-hybridized carbons (Fsp3) is 0.414. The molecule has 0 atom stereocenters. The van der Waals surface area contributed by atoms with E-state index in [2.05, 4.69) is 15.1 Å². The van der Waals surface area contributed by atoms with Crippen molar-refractivity contribution in [1.82, 2.24) is 15.1 Å². The van der Waals surface area contributed by atoms with E-state index in [-0.39, 0.29) is 11.8 Å². The molecule has 4 heterocycles. The van der Waals surface area contributed by atoms with E-state index in [4.69, 9.17) is 9.47 Å². The van der Waals surface area contributed by atoms with Crippen molar-refractivity contribution in [2.75, 3.05) is 62.8 Å². The lowest BCUT2D eigenvalue weighted by Gasteiger charge is -2.38. The van der Waals surface area contributed by atoms with Gasteiger partial charge >= 0.3 is 0 Å². The number of aromatic amines is 1. The second-order valence-corrected chi connectivity index (χ2v) is 10.3. The van der Waals surface area contributed by atoms with Crippen molar-refractivity contribution >= 4 is 23.2 Å². The zero-order valence-electron chi connectivity index (χ0n) is 21.7. The highest BCUT2D eigenvalue weighted by atomic mass is 16.5. The molecule has 0 saturated carbocycles. The van der Waals surface area contributed by atoms with Gasteiger partial charge in [0.25, 0.3) is 5.91 Å². The molecule has 3 aliphatic heterocycles. The van der Waals surface area contributed by atoms with Crippen LogP contribution < -0.4 is 14.5 Å². The smallest absolute Gasteiger partial charge is 0.253 e. The van der Waals surface area contributed by atoms with Crippen LogP contribution in [0.4, 0.5) is 11.4 Å². The topological polar surface area (TPSA) is 91.0 Å². The van der Waals surface area contributed by atoms with Crippen LogP contribution in [0.5, 0.6) is 5.75 Å². The van der Waals surface area contributed by atoms with Gasteiger partial charge in [-0.1, -0.05) is 0 Å². The molecule has 3 fully saturated rings. The summed E-state index contributed by atoms with van der Waals surface area (Å²) in [5.41, 5.74) is 4.11. The predicted molar refractivity (Wildman–Crippen MR) is 145 cm³/mol. The number of hydrogen-bond acceptors (Lipinski definition) is 6. The van der Waals surface area contributed by atoms with Crippen LogP contribution in [0.3, 0.4) is 0 Å². The minimum Gasteiger partial charge on any atom is -0.496 e. The highest BCUT2D eigenvalue weighted by Gasteiger charge is 2.49. The first-order valence-electron chi connectivity index (χ1n) is 13.3. The molecule has 2 aromatic carbocycles. The van der Waals surface area contributed by atoms with Crippen molar-refractivity contribution in [2.45, 2.75) is 19.3 Å². The first-order valence-corrected chi connectivity index (χ1v) is 13.3. The molecule has 0 unspecified atom stereocenters. The fourth-order valence-corrected chi connectivity index (χ4v) is 5.97. The Morgan fingerprint density at radius 3 is 2.37 bits per heavy atom. The summed E-state index contributed by atoms with van der Waals surface area (Å²) in [6, 6.07) is 13.8. The Labute approximate surface area is 222 Å². The third kappa shape index (κ3) is 4.41. The molecule has 6 rings (SSSR count). The lowest BCUT2D eigenvalue weighted by molar-refractivity contribution is -0.127. The van der Waals surface area contributed by atoms with Gasteiger partial charge in [0.15, 0.2) is 0 Å². The molecular weight excluding hydrogens is 482 g/mol. The van der Waals surface area contributed by atoms with Crippen molar-refractivity contribution in [1.29, 1.82) is 0 Å². The molecule has 0 radical (unpaired) electrons. The van der Waals surface area contributed by atoms with Gasteiger partial charge in [0.2, 0.25) is 5.91 Å². The normalized spacial score (nSPS) is 19.3. The summed E-state index contributed by atoms with van der Waals surface area (Å²) < 4.78 is 11.1. The van der Waals surface area contributed by atoms with Gasteiger partial charge < -0.3 is 24.2 Å². The molecule has 1 aromatic heterocycles. The SMILES string of the molecule is COc1cc(N2CCC3(CCN(C(=O)c4ccc(N5CCOCC5)cc4)CC3)C2=O)ccc1-c1cn[nH]c1. The predicted octanol–water partition coefficient (Wildman–Crippen LogP) is 3.58. The number of amides is 2. The van der Waals surface area contributed by atoms with E-state index in [1.807, 2.05) is 58.5 Å². The average Bonchev–Trinajstić information content (AvgIpc) is 3.62. The monoisotopic (exact) mass is 515 g/mol. The Kier molecular flexibility index (Phi) is 6.53. The van der Waals surface area contributed by atoms with Crippen LogP contribution >= 0.6 is 0 Å². The number of H-pyrrole nitrogens is 1. The lowest BCUT2D eigenvalue weighted by atomic mass is 9.77. The number of hydrogen-bond donors (Lipinski definition) is 1. The van der Waals surface area contributed by atoms with Gasteiger partial charge in [0.1, 0.15) is 5.75 Å². The molecule has 0 bridgehead atoms. The van der Waals surface area contributed by atoms with Crippen molar-refractivity contribution in [3.05, 3.63) is 60.4 Å². The van der Waals surface area contributed by atoms with Crippen molar-refractivity contribution < 1.29 is 19.1 Å². The molecule has 9 nitrogen and oxygen atoms in total. The molecule has 9 heteroatoms. The van der Waals surface area contributed by atoms with E-state index in [1.54, 1.807) is 13.3 Å². The number of carbonyl (C=O) groups is 2. The number of benzene rings is 2. The third-order valence-corrected chi connectivity index (χ3v) is 8.32. The minimum atomic E-state index is -0.409. The summed E-state index contributed by atoms with van der Waals surface area (Å²) in [6.07, 6.45) is 5.74. The zero-order valence-corrected chi connectivity index (χ0v) is 21.7. The highest BCUT2D eigenvalue weighted by molar-refractivity contribution is 6.01. The van der Waals surface area contributed by atoms with Gasteiger partial charge in [-0.25, -0.2) is 0 Å². The number of rotatable bonds is 5. The molecule has 198 valence electrons. The number of nitrogens with one attached hydrogen (secondary N) is 1. The number of carbonyl (C=O) groups excluding carboxylic acids is 2. The summed E-state index contributed by atoms with van der Waals surface area (Å²) in [5.74, 6) is 0.894. The number of morpholine rings is 1. The number of piperidine rings is 1. The average molecular weight is 516 g/mol. The molecule has 3 aromatic rings. The molecule has 0 aliphatic carbocycles. The second-order valence-electron chi connectivity index (χ2n) is 10.3. The maximum Gasteiger partial charge on any atom is 0.253 e. The van der Waals surface area contributed by atoms with Gasteiger partial charge in [-0.05, 0) is 55.7 Å². The van der Waals surface area contributed by atoms with Crippen molar-refractivity contribution in [2.24, 2.45) is 5.41 Å². The Morgan fingerprint density at radius 1 is 0.974 bits per heavy atom. The van der Waals surface area contributed by atoms with E-state index in [0.717, 1.165) is 55.2 Å². The molecule has 2 amide bonds. The molecule has 3 aliphatic rings. The van der Waals surface area contributed by atoms with Crippen LogP contribution in [0.2, 0.25) is 0 Å². The Morgan fingerprint density at radius 2 is 1.68 bits per heavy atom. The maximum atomic E-state index is 13.7. The molecule has 1 spiro atoms. The lowest BCUT2D eigenvalue weighted by Crippen LogP contribution is -2.46. The Hall–Kier alpha value is -3.85. The molecule has 1 N–H and O–H groups in total. The van der Waals surface area contributed by atoms with E-state index in [0.29, 0.717) is 43.8 Å². The number of anilines is 2. The maximum absolute atomic E-state index is 13.7. The largest absolute Gasteiger partial charge is 0.496 e.